The minimum absolute atomic E-state index is 0.00568. The van der Waals surface area contributed by atoms with E-state index in [1.807, 2.05) is 6.92 Å². The molecule has 0 aromatic heterocycles. The molecule has 0 heterocycles. The first-order valence-electron chi connectivity index (χ1n) is 9.04. The number of benzene rings is 1. The summed E-state index contributed by atoms with van der Waals surface area (Å²) >= 11 is 0. The molecule has 0 aliphatic heterocycles. The van der Waals surface area contributed by atoms with Crippen LogP contribution in [0.2, 0.25) is 0 Å². The maximum atomic E-state index is 12.7. The number of carbonyl (C=O) groups excluding carboxylic acids is 1. The van der Waals surface area contributed by atoms with Crippen LogP contribution in [0.5, 0.6) is 5.75 Å². The quantitative estimate of drug-likeness (QED) is 0.603. The van der Waals surface area contributed by atoms with Crippen molar-refractivity contribution in [2.75, 3.05) is 26.9 Å². The topological polar surface area (TPSA) is 93.7 Å². The molecule has 8 heteroatoms. The Bertz CT molecular complexity index is 700. The fraction of sp³-hybridized carbons (Fsp3) is 0.611. The number of ether oxygens (including phenoxy) is 2. The largest absolute Gasteiger partial charge is 0.495 e. The maximum Gasteiger partial charge on any atom is 0.251 e. The van der Waals surface area contributed by atoms with Gasteiger partial charge in [-0.1, -0.05) is 12.8 Å². The Hall–Kier alpha value is -1.64. The van der Waals surface area contributed by atoms with Gasteiger partial charge in [0.2, 0.25) is 10.0 Å². The molecular formula is C18H28N2O5S. The first-order chi connectivity index (χ1) is 12.5. The monoisotopic (exact) mass is 384 g/mol. The van der Waals surface area contributed by atoms with E-state index in [-0.39, 0.29) is 28.2 Å². The van der Waals surface area contributed by atoms with E-state index in [4.69, 9.17) is 9.47 Å². The van der Waals surface area contributed by atoms with Crippen molar-refractivity contribution < 1.29 is 22.7 Å². The van der Waals surface area contributed by atoms with Crippen LogP contribution in [-0.2, 0) is 14.8 Å². The molecule has 1 aromatic rings. The van der Waals surface area contributed by atoms with Crippen LogP contribution in [0.4, 0.5) is 0 Å². The Morgan fingerprint density at radius 3 is 2.65 bits per heavy atom. The lowest BCUT2D eigenvalue weighted by atomic mass is 10.2. The Labute approximate surface area is 155 Å². The lowest BCUT2D eigenvalue weighted by Gasteiger charge is -2.15. The van der Waals surface area contributed by atoms with Crippen LogP contribution in [0.3, 0.4) is 0 Å². The second kappa shape index (κ2) is 9.89. The van der Waals surface area contributed by atoms with E-state index < -0.39 is 10.0 Å². The molecule has 1 aliphatic carbocycles. The highest BCUT2D eigenvalue weighted by Crippen LogP contribution is 2.27. The maximum absolute atomic E-state index is 12.7. The average Bonchev–Trinajstić information content (AvgIpc) is 3.13. The van der Waals surface area contributed by atoms with Crippen molar-refractivity contribution in [1.82, 2.24) is 10.0 Å². The Balaban J connectivity index is 2.10. The molecule has 7 nitrogen and oxygen atoms in total. The zero-order valence-electron chi connectivity index (χ0n) is 15.4. The molecule has 0 spiro atoms. The number of hydrogen-bond donors (Lipinski definition) is 2. The van der Waals surface area contributed by atoms with Crippen molar-refractivity contribution in [2.45, 2.75) is 50.0 Å². The summed E-state index contributed by atoms with van der Waals surface area (Å²) in [6, 6.07) is 4.39. The van der Waals surface area contributed by atoms with Crippen LogP contribution in [0.15, 0.2) is 23.1 Å². The van der Waals surface area contributed by atoms with Crippen molar-refractivity contribution in [3.8, 4) is 5.75 Å². The molecule has 2 N–H and O–H groups in total. The number of sulfonamides is 1. The zero-order valence-corrected chi connectivity index (χ0v) is 16.2. The summed E-state index contributed by atoms with van der Waals surface area (Å²) in [5.74, 6) is -0.0927. The summed E-state index contributed by atoms with van der Waals surface area (Å²) in [4.78, 5) is 12.3. The fourth-order valence-electron chi connectivity index (χ4n) is 2.98. The summed E-state index contributed by atoms with van der Waals surface area (Å²) in [5.41, 5.74) is 0.286. The molecular weight excluding hydrogens is 356 g/mol. The summed E-state index contributed by atoms with van der Waals surface area (Å²) in [6.07, 6.45) is 4.41. The third-order valence-corrected chi connectivity index (χ3v) is 5.89. The predicted octanol–water partition coefficient (Wildman–Crippen LogP) is 2.07. The van der Waals surface area contributed by atoms with Crippen LogP contribution in [-0.4, -0.2) is 47.2 Å². The Morgan fingerprint density at radius 1 is 1.27 bits per heavy atom. The standard InChI is InChI=1S/C18H28N2O5S/c1-3-25-12-6-11-19-18(21)14-9-10-16(24-2)17(13-14)26(22,23)20-15-7-4-5-8-15/h9-10,13,15,20H,3-8,11-12H2,1-2H3,(H,19,21). The molecule has 0 bridgehead atoms. The molecule has 0 unspecified atom stereocenters. The van der Waals surface area contributed by atoms with Crippen molar-refractivity contribution in [1.29, 1.82) is 0 Å². The van der Waals surface area contributed by atoms with Crippen LogP contribution >= 0.6 is 0 Å². The van der Waals surface area contributed by atoms with Gasteiger partial charge >= 0.3 is 0 Å². The zero-order chi connectivity index (χ0) is 19.0. The van der Waals surface area contributed by atoms with E-state index in [9.17, 15) is 13.2 Å². The molecule has 1 saturated carbocycles. The van der Waals surface area contributed by atoms with E-state index in [1.165, 1.54) is 19.2 Å². The number of nitrogens with one attached hydrogen (secondary N) is 2. The Morgan fingerprint density at radius 2 is 2.00 bits per heavy atom. The van der Waals surface area contributed by atoms with Gasteiger partial charge in [0.1, 0.15) is 10.6 Å². The minimum atomic E-state index is -3.75. The van der Waals surface area contributed by atoms with E-state index >= 15 is 0 Å². The van der Waals surface area contributed by atoms with Gasteiger partial charge in [-0.2, -0.15) is 0 Å². The van der Waals surface area contributed by atoms with Crippen molar-refractivity contribution in [3.63, 3.8) is 0 Å². The van der Waals surface area contributed by atoms with Crippen LogP contribution in [0.1, 0.15) is 49.4 Å². The molecule has 0 atom stereocenters. The molecule has 0 radical (unpaired) electrons. The minimum Gasteiger partial charge on any atom is -0.495 e. The van der Waals surface area contributed by atoms with Gasteiger partial charge in [0.05, 0.1) is 7.11 Å². The van der Waals surface area contributed by atoms with E-state index in [2.05, 4.69) is 10.0 Å². The normalized spacial score (nSPS) is 15.2. The van der Waals surface area contributed by atoms with Gasteiger partial charge in [-0.25, -0.2) is 13.1 Å². The van der Waals surface area contributed by atoms with Gasteiger partial charge in [-0.15, -0.1) is 0 Å². The molecule has 1 amide bonds. The van der Waals surface area contributed by atoms with E-state index in [1.54, 1.807) is 6.07 Å². The van der Waals surface area contributed by atoms with Gasteiger partial charge in [0.25, 0.3) is 5.91 Å². The molecule has 1 fully saturated rings. The number of amides is 1. The summed E-state index contributed by atoms with van der Waals surface area (Å²) in [5, 5.41) is 2.77. The summed E-state index contributed by atoms with van der Waals surface area (Å²) in [7, 11) is -2.34. The Kier molecular flexibility index (Phi) is 7.86. The number of carbonyl (C=O) groups is 1. The molecule has 0 saturated heterocycles. The van der Waals surface area contributed by atoms with Gasteiger partial charge in [-0.05, 0) is 44.4 Å². The van der Waals surface area contributed by atoms with Crippen molar-refractivity contribution >= 4 is 15.9 Å². The lowest BCUT2D eigenvalue weighted by molar-refractivity contribution is 0.0944. The van der Waals surface area contributed by atoms with Gasteiger partial charge in [-0.3, -0.25) is 4.79 Å². The molecule has 1 aliphatic rings. The van der Waals surface area contributed by atoms with Crippen LogP contribution < -0.4 is 14.8 Å². The molecule has 2 rings (SSSR count). The number of methoxy groups -OCH3 is 1. The van der Waals surface area contributed by atoms with Gasteiger partial charge in [0.15, 0.2) is 0 Å². The van der Waals surface area contributed by atoms with E-state index in [0.29, 0.717) is 26.2 Å². The number of rotatable bonds is 10. The summed E-state index contributed by atoms with van der Waals surface area (Å²) < 4.78 is 38.6. The van der Waals surface area contributed by atoms with Crippen LogP contribution in [0.25, 0.3) is 0 Å². The van der Waals surface area contributed by atoms with Crippen LogP contribution in [0, 0.1) is 0 Å². The van der Waals surface area contributed by atoms with E-state index in [0.717, 1.165) is 25.7 Å². The second-order valence-corrected chi connectivity index (χ2v) is 7.96. The first kappa shape index (κ1) is 20.7. The highest BCUT2D eigenvalue weighted by molar-refractivity contribution is 7.89. The third-order valence-electron chi connectivity index (χ3n) is 4.35. The fourth-order valence-corrected chi connectivity index (χ4v) is 4.48. The molecule has 26 heavy (non-hydrogen) atoms. The molecule has 146 valence electrons. The smallest absolute Gasteiger partial charge is 0.251 e. The highest BCUT2D eigenvalue weighted by atomic mass is 32.2. The first-order valence-corrected chi connectivity index (χ1v) is 10.5. The third kappa shape index (κ3) is 5.69. The van der Waals surface area contributed by atoms with Crippen molar-refractivity contribution in [2.24, 2.45) is 0 Å². The predicted molar refractivity (Wildman–Crippen MR) is 99.0 cm³/mol. The summed E-state index contributed by atoms with van der Waals surface area (Å²) in [6.45, 7) is 3.59. The van der Waals surface area contributed by atoms with Crippen molar-refractivity contribution in [3.05, 3.63) is 23.8 Å². The highest BCUT2D eigenvalue weighted by Gasteiger charge is 2.26. The lowest BCUT2D eigenvalue weighted by Crippen LogP contribution is -2.33. The SMILES string of the molecule is CCOCCCNC(=O)c1ccc(OC)c(S(=O)(=O)NC2CCCC2)c1. The van der Waals surface area contributed by atoms with Gasteiger partial charge < -0.3 is 14.8 Å². The second-order valence-electron chi connectivity index (χ2n) is 6.27. The molecule has 1 aromatic carbocycles. The number of hydrogen-bond acceptors (Lipinski definition) is 5. The van der Waals surface area contributed by atoms with Gasteiger partial charge in [0, 0.05) is 31.4 Å². The average molecular weight is 384 g/mol.